The Hall–Kier alpha value is -0.660. The number of piperidine rings is 1. The van der Waals surface area contributed by atoms with Crippen LogP contribution in [0.5, 0.6) is 0 Å². The summed E-state index contributed by atoms with van der Waals surface area (Å²) >= 11 is 0. The number of nitrogens with zero attached hydrogens (tertiary/aromatic N) is 1. The molecule has 1 rings (SSSR count). The van der Waals surface area contributed by atoms with E-state index in [9.17, 15) is 13.2 Å². The highest BCUT2D eigenvalue weighted by Crippen LogP contribution is 2.28. The first kappa shape index (κ1) is 16.4. The average Bonchev–Trinajstić information content (AvgIpc) is 2.35. The second kappa shape index (κ2) is 6.67. The molecule has 1 aliphatic rings. The van der Waals surface area contributed by atoms with Gasteiger partial charge in [-0.1, -0.05) is 0 Å². The van der Waals surface area contributed by atoms with Crippen LogP contribution in [-0.4, -0.2) is 55.4 Å². The number of aliphatic carboxylic acids is 1. The van der Waals surface area contributed by atoms with Crippen LogP contribution in [0.25, 0.3) is 0 Å². The monoisotopic (exact) mass is 293 g/mol. The van der Waals surface area contributed by atoms with E-state index in [1.165, 1.54) is 11.4 Å². The lowest BCUT2D eigenvalue weighted by Crippen LogP contribution is -2.51. The Kier molecular flexibility index (Phi) is 5.76. The Balaban J connectivity index is 2.84. The van der Waals surface area contributed by atoms with Crippen LogP contribution in [0, 0.1) is 5.92 Å². The van der Waals surface area contributed by atoms with E-state index in [0.29, 0.717) is 32.4 Å². The van der Waals surface area contributed by atoms with Gasteiger partial charge in [0.1, 0.15) is 0 Å². The first-order chi connectivity index (χ1) is 8.82. The summed E-state index contributed by atoms with van der Waals surface area (Å²) in [6, 6.07) is -0.485. The lowest BCUT2D eigenvalue weighted by molar-refractivity contribution is -0.144. The first-order valence-corrected chi connectivity index (χ1v) is 8.05. The molecule has 0 aromatic heterocycles. The largest absolute Gasteiger partial charge is 0.481 e. The highest BCUT2D eigenvalue weighted by molar-refractivity contribution is 7.89. The van der Waals surface area contributed by atoms with Crippen molar-refractivity contribution in [3.63, 3.8) is 0 Å². The number of methoxy groups -OCH3 is 1. The maximum Gasteiger partial charge on any atom is 0.308 e. The van der Waals surface area contributed by atoms with Crippen molar-refractivity contribution in [1.29, 1.82) is 0 Å². The number of hydrogen-bond acceptors (Lipinski definition) is 4. The predicted octanol–water partition coefficient (Wildman–Crippen LogP) is 0.926. The third kappa shape index (κ3) is 3.67. The van der Waals surface area contributed by atoms with Crippen LogP contribution in [0.3, 0.4) is 0 Å². The average molecular weight is 293 g/mol. The topological polar surface area (TPSA) is 83.9 Å². The fourth-order valence-electron chi connectivity index (χ4n) is 2.47. The van der Waals surface area contributed by atoms with Crippen LogP contribution in [0.15, 0.2) is 0 Å². The molecule has 1 fully saturated rings. The standard InChI is InChI=1S/C12H23NO5S/c1-9(6-8-18-3)19(16,17)13-7-4-5-11(10(13)2)12(14)15/h9-11H,4-8H2,1-3H3,(H,14,15)/t9?,10-,11-/m0/s1. The molecule has 0 saturated carbocycles. The summed E-state index contributed by atoms with van der Waals surface area (Å²) < 4.78 is 31.2. The van der Waals surface area contributed by atoms with E-state index in [2.05, 4.69) is 0 Å². The predicted molar refractivity (Wildman–Crippen MR) is 71.4 cm³/mol. The number of carboxylic acids is 1. The SMILES string of the molecule is COCCC(C)S(=O)(=O)N1CCC[C@H](C(=O)O)[C@@H]1C. The van der Waals surface area contributed by atoms with Crippen molar-refractivity contribution < 1.29 is 23.1 Å². The smallest absolute Gasteiger partial charge is 0.308 e. The maximum atomic E-state index is 12.4. The summed E-state index contributed by atoms with van der Waals surface area (Å²) in [5.41, 5.74) is 0. The van der Waals surface area contributed by atoms with Crippen molar-refractivity contribution in [2.75, 3.05) is 20.3 Å². The van der Waals surface area contributed by atoms with E-state index in [0.717, 1.165) is 0 Å². The van der Waals surface area contributed by atoms with Gasteiger partial charge in [-0.3, -0.25) is 4.79 Å². The highest BCUT2D eigenvalue weighted by atomic mass is 32.2. The fraction of sp³-hybridized carbons (Fsp3) is 0.917. The molecule has 6 nitrogen and oxygen atoms in total. The van der Waals surface area contributed by atoms with Gasteiger partial charge in [-0.25, -0.2) is 8.42 Å². The zero-order valence-corrected chi connectivity index (χ0v) is 12.5. The zero-order valence-electron chi connectivity index (χ0n) is 11.7. The maximum absolute atomic E-state index is 12.4. The Labute approximate surface area is 114 Å². The van der Waals surface area contributed by atoms with E-state index >= 15 is 0 Å². The zero-order chi connectivity index (χ0) is 14.6. The van der Waals surface area contributed by atoms with Gasteiger partial charge >= 0.3 is 5.97 Å². The molecule has 0 bridgehead atoms. The van der Waals surface area contributed by atoms with E-state index < -0.39 is 33.2 Å². The van der Waals surface area contributed by atoms with E-state index in [-0.39, 0.29) is 0 Å². The van der Waals surface area contributed by atoms with Crippen LogP contribution >= 0.6 is 0 Å². The summed E-state index contributed by atoms with van der Waals surface area (Å²) in [7, 11) is -1.93. The van der Waals surface area contributed by atoms with Gasteiger partial charge in [0.15, 0.2) is 0 Å². The summed E-state index contributed by atoms with van der Waals surface area (Å²) in [6.45, 7) is 4.11. The molecule has 1 N–H and O–H groups in total. The Morgan fingerprint density at radius 3 is 2.68 bits per heavy atom. The molecule has 3 atom stereocenters. The molecule has 1 aliphatic heterocycles. The molecule has 0 amide bonds. The van der Waals surface area contributed by atoms with Gasteiger partial charge in [0.25, 0.3) is 0 Å². The molecule has 0 radical (unpaired) electrons. The Morgan fingerprint density at radius 2 is 2.16 bits per heavy atom. The van der Waals surface area contributed by atoms with Crippen LogP contribution in [0.1, 0.15) is 33.1 Å². The molecule has 1 heterocycles. The Morgan fingerprint density at radius 1 is 1.53 bits per heavy atom. The molecule has 1 saturated heterocycles. The quantitative estimate of drug-likeness (QED) is 0.787. The van der Waals surface area contributed by atoms with Crippen molar-refractivity contribution in [1.82, 2.24) is 4.31 Å². The number of carboxylic acid groups (broad SMARTS) is 1. The number of carbonyl (C=O) groups is 1. The lowest BCUT2D eigenvalue weighted by Gasteiger charge is -2.37. The Bertz CT molecular complexity index is 408. The van der Waals surface area contributed by atoms with Gasteiger partial charge in [-0.05, 0) is 33.1 Å². The fourth-order valence-corrected chi connectivity index (χ4v) is 4.32. The van der Waals surface area contributed by atoms with E-state index in [4.69, 9.17) is 9.84 Å². The molecule has 7 heteroatoms. The third-order valence-electron chi connectivity index (χ3n) is 3.81. The van der Waals surface area contributed by atoms with Crippen LogP contribution in [-0.2, 0) is 19.6 Å². The van der Waals surface area contributed by atoms with Crippen molar-refractivity contribution in [2.45, 2.75) is 44.4 Å². The van der Waals surface area contributed by atoms with Gasteiger partial charge in [-0.15, -0.1) is 0 Å². The van der Waals surface area contributed by atoms with Crippen LogP contribution < -0.4 is 0 Å². The van der Waals surface area contributed by atoms with E-state index in [1.54, 1.807) is 13.8 Å². The minimum atomic E-state index is -3.46. The number of rotatable bonds is 6. The minimum Gasteiger partial charge on any atom is -0.481 e. The van der Waals surface area contributed by atoms with Gasteiger partial charge in [0.05, 0.1) is 11.2 Å². The van der Waals surface area contributed by atoms with Gasteiger partial charge in [0, 0.05) is 26.3 Å². The van der Waals surface area contributed by atoms with Crippen molar-refractivity contribution in [3.05, 3.63) is 0 Å². The van der Waals surface area contributed by atoms with Crippen molar-refractivity contribution in [3.8, 4) is 0 Å². The second-order valence-electron chi connectivity index (χ2n) is 5.08. The number of ether oxygens (including phenoxy) is 1. The molecule has 1 unspecified atom stereocenters. The summed E-state index contributed by atoms with van der Waals surface area (Å²) in [5.74, 6) is -1.53. The third-order valence-corrected chi connectivity index (χ3v) is 6.23. The van der Waals surface area contributed by atoms with Gasteiger partial charge in [-0.2, -0.15) is 4.31 Å². The first-order valence-electron chi connectivity index (χ1n) is 6.54. The summed E-state index contributed by atoms with van der Waals surface area (Å²) in [5, 5.41) is 8.58. The molecule has 0 aliphatic carbocycles. The minimum absolute atomic E-state index is 0.380. The molecule has 0 spiro atoms. The molecular weight excluding hydrogens is 270 g/mol. The lowest BCUT2D eigenvalue weighted by atomic mass is 9.92. The van der Waals surface area contributed by atoms with Crippen molar-refractivity contribution >= 4 is 16.0 Å². The molecule has 0 aromatic carbocycles. The van der Waals surface area contributed by atoms with Crippen molar-refractivity contribution in [2.24, 2.45) is 5.92 Å². The van der Waals surface area contributed by atoms with E-state index in [1.807, 2.05) is 0 Å². The normalized spacial score (nSPS) is 27.1. The molecule has 0 aromatic rings. The highest BCUT2D eigenvalue weighted by Gasteiger charge is 2.40. The van der Waals surface area contributed by atoms with Gasteiger partial charge in [0.2, 0.25) is 10.0 Å². The molecule has 112 valence electrons. The van der Waals surface area contributed by atoms with Crippen LogP contribution in [0.2, 0.25) is 0 Å². The number of hydrogen-bond donors (Lipinski definition) is 1. The molecule has 19 heavy (non-hydrogen) atoms. The van der Waals surface area contributed by atoms with Crippen LogP contribution in [0.4, 0.5) is 0 Å². The second-order valence-corrected chi connectivity index (χ2v) is 7.38. The number of sulfonamides is 1. The summed E-state index contributed by atoms with van der Waals surface area (Å²) in [4.78, 5) is 11.1. The molecular formula is C12H23NO5S. The van der Waals surface area contributed by atoms with Gasteiger partial charge < -0.3 is 9.84 Å². The summed E-state index contributed by atoms with van der Waals surface area (Å²) in [6.07, 6.45) is 1.55.